The summed E-state index contributed by atoms with van der Waals surface area (Å²) in [6.45, 7) is 0.167. The highest BCUT2D eigenvalue weighted by atomic mass is 32.1. The predicted octanol–water partition coefficient (Wildman–Crippen LogP) is 2.76. The Bertz CT molecular complexity index is 844. The molecule has 4 N–H and O–H groups in total. The van der Waals surface area contributed by atoms with E-state index in [9.17, 15) is 9.90 Å². The second kappa shape index (κ2) is 11.0. The van der Waals surface area contributed by atoms with Crippen molar-refractivity contribution in [3.8, 4) is 0 Å². The average Bonchev–Trinajstić information content (AvgIpc) is 3.41. The van der Waals surface area contributed by atoms with Crippen molar-refractivity contribution >= 4 is 28.8 Å². The Morgan fingerprint density at radius 2 is 1.79 bits per heavy atom. The van der Waals surface area contributed by atoms with E-state index >= 15 is 0 Å². The van der Waals surface area contributed by atoms with Gasteiger partial charge in [0.25, 0.3) is 0 Å². The van der Waals surface area contributed by atoms with E-state index in [0.717, 1.165) is 15.3 Å². The van der Waals surface area contributed by atoms with Crippen molar-refractivity contribution in [3.63, 3.8) is 0 Å². The van der Waals surface area contributed by atoms with Crippen molar-refractivity contribution in [2.75, 3.05) is 0 Å². The highest BCUT2D eigenvalue weighted by Gasteiger charge is 2.23. The standard InChI is InChI=1S/C20H24N4O3S2/c21-18(6-14-4-2-1-3-5-14)19(25)8-15(7-16-9-22-12-28-16)24-20(26)27-11-17-10-23-13-29-17/h1-5,9-10,12-13,15,18-19,25H,6-8,11,21H2,(H,24,26). The molecule has 3 atom stereocenters. The van der Waals surface area contributed by atoms with Gasteiger partial charge in [0.1, 0.15) is 6.61 Å². The minimum atomic E-state index is -0.769. The molecule has 2 aromatic heterocycles. The molecule has 154 valence electrons. The molecule has 1 aromatic carbocycles. The Morgan fingerprint density at radius 1 is 1.10 bits per heavy atom. The van der Waals surface area contributed by atoms with Crippen LogP contribution in [0.1, 0.15) is 21.7 Å². The van der Waals surface area contributed by atoms with Gasteiger partial charge in [0.2, 0.25) is 0 Å². The van der Waals surface area contributed by atoms with Crippen LogP contribution in [0.3, 0.4) is 0 Å². The van der Waals surface area contributed by atoms with Crippen LogP contribution >= 0.6 is 22.7 Å². The van der Waals surface area contributed by atoms with Gasteiger partial charge in [-0.05, 0) is 18.4 Å². The number of ether oxygens (including phenoxy) is 1. The number of aliphatic hydroxyl groups is 1. The first-order valence-electron chi connectivity index (χ1n) is 9.25. The minimum Gasteiger partial charge on any atom is -0.444 e. The number of amides is 1. The second-order valence-electron chi connectivity index (χ2n) is 6.71. The number of aromatic nitrogens is 2. The van der Waals surface area contributed by atoms with Crippen LogP contribution in [0, 0.1) is 0 Å². The van der Waals surface area contributed by atoms with Gasteiger partial charge in [0.05, 0.1) is 22.0 Å². The van der Waals surface area contributed by atoms with Crippen LogP contribution in [-0.2, 0) is 24.2 Å². The van der Waals surface area contributed by atoms with Gasteiger partial charge in [-0.1, -0.05) is 30.3 Å². The normalized spacial score (nSPS) is 14.1. The molecule has 3 rings (SSSR count). The molecule has 0 saturated carbocycles. The lowest BCUT2D eigenvalue weighted by Crippen LogP contribution is -2.44. The molecule has 29 heavy (non-hydrogen) atoms. The lowest BCUT2D eigenvalue weighted by atomic mass is 9.96. The van der Waals surface area contributed by atoms with E-state index < -0.39 is 18.2 Å². The summed E-state index contributed by atoms with van der Waals surface area (Å²) in [5.74, 6) is 0. The van der Waals surface area contributed by atoms with E-state index in [4.69, 9.17) is 10.5 Å². The molecule has 7 nitrogen and oxygen atoms in total. The molecule has 0 saturated heterocycles. The Morgan fingerprint density at radius 3 is 2.45 bits per heavy atom. The summed E-state index contributed by atoms with van der Waals surface area (Å²) in [4.78, 5) is 22.2. The number of hydrogen-bond donors (Lipinski definition) is 3. The van der Waals surface area contributed by atoms with Crippen molar-refractivity contribution in [1.29, 1.82) is 0 Å². The summed E-state index contributed by atoms with van der Waals surface area (Å²) in [5.41, 5.74) is 10.7. The van der Waals surface area contributed by atoms with Gasteiger partial charge >= 0.3 is 6.09 Å². The maximum atomic E-state index is 12.2. The van der Waals surface area contributed by atoms with Crippen molar-refractivity contribution in [1.82, 2.24) is 15.3 Å². The fourth-order valence-electron chi connectivity index (χ4n) is 2.93. The number of carbonyl (C=O) groups excluding carboxylic acids is 1. The second-order valence-corrected chi connectivity index (χ2v) is 8.66. The zero-order chi connectivity index (χ0) is 20.5. The minimum absolute atomic E-state index is 0.167. The molecule has 0 spiro atoms. The first-order valence-corrected chi connectivity index (χ1v) is 11.0. The molecule has 2 heterocycles. The van der Waals surface area contributed by atoms with Crippen LogP contribution in [0.4, 0.5) is 4.79 Å². The Hall–Kier alpha value is -2.33. The van der Waals surface area contributed by atoms with E-state index in [2.05, 4.69) is 15.3 Å². The fraction of sp³-hybridized carbons (Fsp3) is 0.350. The lowest BCUT2D eigenvalue weighted by molar-refractivity contribution is 0.110. The summed E-state index contributed by atoms with van der Waals surface area (Å²) in [6.07, 6.45) is 3.56. The zero-order valence-corrected chi connectivity index (χ0v) is 17.4. The number of thiazole rings is 2. The molecule has 0 radical (unpaired) electrons. The number of hydrogen-bond acceptors (Lipinski definition) is 8. The number of benzene rings is 1. The molecule has 0 bridgehead atoms. The van der Waals surface area contributed by atoms with Crippen molar-refractivity contribution < 1.29 is 14.6 Å². The Balaban J connectivity index is 1.56. The van der Waals surface area contributed by atoms with E-state index in [-0.39, 0.29) is 12.6 Å². The lowest BCUT2D eigenvalue weighted by Gasteiger charge is -2.25. The van der Waals surface area contributed by atoms with Gasteiger partial charge in [-0.2, -0.15) is 0 Å². The number of nitrogens with zero attached hydrogens (tertiary/aromatic N) is 2. The van der Waals surface area contributed by atoms with E-state index in [1.54, 1.807) is 23.4 Å². The Kier molecular flexibility index (Phi) is 8.12. The van der Waals surface area contributed by atoms with Crippen molar-refractivity contribution in [3.05, 3.63) is 69.1 Å². The summed E-state index contributed by atoms with van der Waals surface area (Å²) in [6, 6.07) is 9.05. The number of alkyl carbamates (subject to hydrolysis) is 1. The van der Waals surface area contributed by atoms with Gasteiger partial charge in [-0.3, -0.25) is 9.97 Å². The monoisotopic (exact) mass is 432 g/mol. The van der Waals surface area contributed by atoms with Crippen LogP contribution in [-0.4, -0.2) is 39.4 Å². The summed E-state index contributed by atoms with van der Waals surface area (Å²) < 4.78 is 5.27. The molecule has 1 amide bonds. The summed E-state index contributed by atoms with van der Waals surface area (Å²) in [5, 5.41) is 13.5. The summed E-state index contributed by atoms with van der Waals surface area (Å²) in [7, 11) is 0. The smallest absolute Gasteiger partial charge is 0.407 e. The molecule has 0 fully saturated rings. The van der Waals surface area contributed by atoms with Gasteiger partial charge < -0.3 is 20.9 Å². The molecule has 3 unspecified atom stereocenters. The van der Waals surface area contributed by atoms with E-state index in [0.29, 0.717) is 19.3 Å². The quantitative estimate of drug-likeness (QED) is 0.454. The van der Waals surface area contributed by atoms with Crippen LogP contribution < -0.4 is 11.1 Å². The molecule has 0 aliphatic heterocycles. The SMILES string of the molecule is NC(Cc1ccccc1)C(O)CC(Cc1cncs1)NC(=O)OCc1cncs1. The van der Waals surface area contributed by atoms with E-state index in [1.807, 2.05) is 30.3 Å². The molecule has 0 aliphatic rings. The van der Waals surface area contributed by atoms with Gasteiger partial charge in [0.15, 0.2) is 0 Å². The fourth-order valence-corrected chi connectivity index (χ4v) is 4.11. The first-order chi connectivity index (χ1) is 14.1. The Labute approximate surface area is 177 Å². The largest absolute Gasteiger partial charge is 0.444 e. The van der Waals surface area contributed by atoms with Crippen LogP contribution in [0.5, 0.6) is 0 Å². The topological polar surface area (TPSA) is 110 Å². The van der Waals surface area contributed by atoms with Crippen molar-refractivity contribution in [2.45, 2.75) is 44.1 Å². The number of carbonyl (C=O) groups is 1. The molecule has 0 aliphatic carbocycles. The number of rotatable bonds is 10. The van der Waals surface area contributed by atoms with E-state index in [1.165, 1.54) is 22.7 Å². The molecular formula is C20H24N4O3S2. The number of aliphatic hydroxyl groups excluding tert-OH is 1. The summed E-state index contributed by atoms with van der Waals surface area (Å²) >= 11 is 2.93. The third kappa shape index (κ3) is 7.21. The highest BCUT2D eigenvalue weighted by molar-refractivity contribution is 7.09. The van der Waals surface area contributed by atoms with Crippen LogP contribution in [0.15, 0.2) is 53.7 Å². The zero-order valence-electron chi connectivity index (χ0n) is 15.8. The van der Waals surface area contributed by atoms with Crippen molar-refractivity contribution in [2.24, 2.45) is 5.73 Å². The van der Waals surface area contributed by atoms with Crippen LogP contribution in [0.2, 0.25) is 0 Å². The highest BCUT2D eigenvalue weighted by Crippen LogP contribution is 2.15. The van der Waals surface area contributed by atoms with Gasteiger partial charge in [-0.25, -0.2) is 4.79 Å². The van der Waals surface area contributed by atoms with Crippen LogP contribution in [0.25, 0.3) is 0 Å². The molecule has 3 aromatic rings. The maximum absolute atomic E-state index is 12.2. The first kappa shape index (κ1) is 21.4. The average molecular weight is 433 g/mol. The molecule has 9 heteroatoms. The third-order valence-electron chi connectivity index (χ3n) is 4.42. The van der Waals surface area contributed by atoms with Gasteiger partial charge in [-0.15, -0.1) is 22.7 Å². The third-order valence-corrected chi connectivity index (χ3v) is 5.97. The number of nitrogens with two attached hydrogens (primary N) is 1. The predicted molar refractivity (Wildman–Crippen MR) is 114 cm³/mol. The molecular weight excluding hydrogens is 408 g/mol. The number of nitrogens with one attached hydrogen (secondary N) is 1. The van der Waals surface area contributed by atoms with Gasteiger partial charge in [0, 0.05) is 35.8 Å². The maximum Gasteiger partial charge on any atom is 0.407 e.